The number of piperazine rings is 1. The van der Waals surface area contributed by atoms with Gasteiger partial charge in [0.15, 0.2) is 0 Å². The number of carboxylic acids is 2. The Morgan fingerprint density at radius 1 is 1.00 bits per heavy atom. The van der Waals surface area contributed by atoms with E-state index < -0.39 is 28.1 Å². The molecule has 2 aromatic carbocycles. The molecule has 0 aromatic heterocycles. The molecule has 1 aliphatic heterocycles. The predicted octanol–water partition coefficient (Wildman–Crippen LogP) is 3.58. The van der Waals surface area contributed by atoms with Crippen molar-refractivity contribution in [3.8, 4) is 0 Å². The molecule has 2 aromatic rings. The van der Waals surface area contributed by atoms with Crippen molar-refractivity contribution >= 4 is 33.3 Å². The van der Waals surface area contributed by atoms with Gasteiger partial charge >= 0.3 is 18.1 Å². The van der Waals surface area contributed by atoms with Crippen LogP contribution in [-0.4, -0.2) is 74.4 Å². The standard InChI is InChI=1S/C21H27N3O4S.C2HF3O2/c1-4-23-9-11-24(12-10-23)19-7-6-17(21(25)26)14-18(19)22-29(27,28)20-8-5-15(2)13-16(20)3;3-2(4,5)1(6)7/h5-8,13-14,22H,4,9-12H2,1-3H3,(H,25,26);(H,6,7). The number of carbonyl (C=O) groups is 2. The molecule has 0 amide bonds. The first-order chi connectivity index (χ1) is 16.7. The summed E-state index contributed by atoms with van der Waals surface area (Å²) >= 11 is 0. The third-order valence-corrected chi connectivity index (χ3v) is 7.04. The van der Waals surface area contributed by atoms with Gasteiger partial charge in [-0.3, -0.25) is 4.72 Å². The number of aromatic carboxylic acids is 1. The molecule has 1 fully saturated rings. The van der Waals surface area contributed by atoms with Crippen LogP contribution in [0.15, 0.2) is 41.3 Å². The fraction of sp³-hybridized carbons (Fsp3) is 0.391. The van der Waals surface area contributed by atoms with Gasteiger partial charge in [-0.2, -0.15) is 13.2 Å². The van der Waals surface area contributed by atoms with Crippen LogP contribution in [0.2, 0.25) is 0 Å². The van der Waals surface area contributed by atoms with Gasteiger partial charge < -0.3 is 20.0 Å². The summed E-state index contributed by atoms with van der Waals surface area (Å²) in [6, 6.07) is 9.73. The van der Waals surface area contributed by atoms with E-state index in [9.17, 15) is 31.5 Å². The number of aryl methyl sites for hydroxylation is 2. The number of nitrogens with zero attached hydrogens (tertiary/aromatic N) is 2. The van der Waals surface area contributed by atoms with Crippen LogP contribution in [0.5, 0.6) is 0 Å². The Hall–Kier alpha value is -3.32. The summed E-state index contributed by atoms with van der Waals surface area (Å²) in [5.41, 5.74) is 2.64. The summed E-state index contributed by atoms with van der Waals surface area (Å²) < 4.78 is 60.5. The maximum atomic E-state index is 13.1. The number of carboxylic acid groups (broad SMARTS) is 2. The van der Waals surface area contributed by atoms with E-state index in [2.05, 4.69) is 21.4 Å². The van der Waals surface area contributed by atoms with E-state index in [0.717, 1.165) is 38.3 Å². The summed E-state index contributed by atoms with van der Waals surface area (Å²) in [5.74, 6) is -3.85. The van der Waals surface area contributed by atoms with Crippen LogP contribution in [0.25, 0.3) is 0 Å². The van der Waals surface area contributed by atoms with Crippen LogP contribution in [-0.2, 0) is 14.8 Å². The summed E-state index contributed by atoms with van der Waals surface area (Å²) in [5, 5.41) is 16.5. The van der Waals surface area contributed by atoms with Crippen molar-refractivity contribution in [2.75, 3.05) is 42.3 Å². The molecule has 0 saturated carbocycles. The van der Waals surface area contributed by atoms with Crippen LogP contribution >= 0.6 is 0 Å². The quantitative estimate of drug-likeness (QED) is 0.516. The van der Waals surface area contributed by atoms with Gasteiger partial charge in [0.25, 0.3) is 10.0 Å². The van der Waals surface area contributed by atoms with E-state index in [1.54, 1.807) is 25.1 Å². The molecule has 0 radical (unpaired) electrons. The highest BCUT2D eigenvalue weighted by atomic mass is 32.2. The topological polar surface area (TPSA) is 127 Å². The minimum absolute atomic E-state index is 0.0410. The number of anilines is 2. The fourth-order valence-corrected chi connectivity index (χ4v) is 4.93. The van der Waals surface area contributed by atoms with Crippen molar-refractivity contribution in [3.63, 3.8) is 0 Å². The molecule has 1 heterocycles. The van der Waals surface area contributed by atoms with Gasteiger partial charge in [0.2, 0.25) is 0 Å². The number of halogens is 3. The number of sulfonamides is 1. The van der Waals surface area contributed by atoms with Crippen molar-refractivity contribution < 1.29 is 41.4 Å². The maximum Gasteiger partial charge on any atom is 0.490 e. The zero-order valence-electron chi connectivity index (χ0n) is 20.0. The Kier molecular flexibility index (Phi) is 9.32. The summed E-state index contributed by atoms with van der Waals surface area (Å²) in [6.45, 7) is 9.98. The molecule has 3 rings (SSSR count). The fourth-order valence-electron chi connectivity index (χ4n) is 3.63. The van der Waals surface area contributed by atoms with Crippen molar-refractivity contribution in [2.45, 2.75) is 31.8 Å². The minimum atomic E-state index is -5.08. The normalized spacial score (nSPS) is 14.6. The van der Waals surface area contributed by atoms with E-state index in [-0.39, 0.29) is 16.1 Å². The highest BCUT2D eigenvalue weighted by Gasteiger charge is 2.38. The second-order valence-corrected chi connectivity index (χ2v) is 9.79. The molecule has 0 unspecified atom stereocenters. The summed E-state index contributed by atoms with van der Waals surface area (Å²) in [7, 11) is -3.86. The monoisotopic (exact) mass is 531 g/mol. The third-order valence-electron chi connectivity index (χ3n) is 5.51. The lowest BCUT2D eigenvalue weighted by Gasteiger charge is -2.36. The number of hydrogen-bond donors (Lipinski definition) is 3. The molecule has 1 saturated heterocycles. The third kappa shape index (κ3) is 7.59. The molecule has 1 aliphatic rings. The number of hydrogen-bond acceptors (Lipinski definition) is 6. The summed E-state index contributed by atoms with van der Waals surface area (Å²) in [4.78, 5) is 24.9. The molecule has 0 bridgehead atoms. The first kappa shape index (κ1) is 28.9. The zero-order valence-corrected chi connectivity index (χ0v) is 20.8. The number of benzene rings is 2. The molecule has 0 aliphatic carbocycles. The van der Waals surface area contributed by atoms with E-state index in [0.29, 0.717) is 11.3 Å². The first-order valence-electron chi connectivity index (χ1n) is 10.9. The van der Waals surface area contributed by atoms with Crippen LogP contribution < -0.4 is 9.62 Å². The Balaban J connectivity index is 0.000000572. The Morgan fingerprint density at radius 3 is 2.06 bits per heavy atom. The van der Waals surface area contributed by atoms with Crippen molar-refractivity contribution in [1.82, 2.24) is 4.90 Å². The van der Waals surface area contributed by atoms with Gasteiger partial charge in [0.05, 0.1) is 21.8 Å². The predicted molar refractivity (Wildman–Crippen MR) is 128 cm³/mol. The molecule has 9 nitrogen and oxygen atoms in total. The highest BCUT2D eigenvalue weighted by Crippen LogP contribution is 2.31. The van der Waals surface area contributed by atoms with Crippen molar-refractivity contribution in [1.29, 1.82) is 0 Å². The number of alkyl halides is 3. The molecule has 36 heavy (non-hydrogen) atoms. The Morgan fingerprint density at radius 2 is 1.58 bits per heavy atom. The maximum absolute atomic E-state index is 13.1. The second kappa shape index (κ2) is 11.6. The molecule has 0 atom stereocenters. The number of aliphatic carboxylic acids is 1. The Bertz CT molecular complexity index is 1210. The molecular weight excluding hydrogens is 503 g/mol. The number of rotatable bonds is 6. The SMILES string of the molecule is CCN1CCN(c2ccc(C(=O)O)cc2NS(=O)(=O)c2ccc(C)cc2C)CC1.O=C(O)C(F)(F)F. The van der Waals surface area contributed by atoms with E-state index in [1.165, 1.54) is 12.1 Å². The average molecular weight is 532 g/mol. The van der Waals surface area contributed by atoms with Gasteiger partial charge in [0, 0.05) is 26.2 Å². The van der Waals surface area contributed by atoms with E-state index >= 15 is 0 Å². The smallest absolute Gasteiger partial charge is 0.478 e. The Labute approximate surface area is 207 Å². The molecular formula is C23H28F3N3O6S. The molecule has 0 spiro atoms. The zero-order chi connectivity index (χ0) is 27.3. The van der Waals surface area contributed by atoms with Crippen LogP contribution in [0.3, 0.4) is 0 Å². The largest absolute Gasteiger partial charge is 0.490 e. The molecule has 198 valence electrons. The van der Waals surface area contributed by atoms with E-state index in [4.69, 9.17) is 9.90 Å². The minimum Gasteiger partial charge on any atom is -0.478 e. The molecule has 3 N–H and O–H groups in total. The van der Waals surface area contributed by atoms with Crippen LogP contribution in [0, 0.1) is 13.8 Å². The summed E-state index contributed by atoms with van der Waals surface area (Å²) in [6.07, 6.45) is -5.08. The van der Waals surface area contributed by atoms with Gasteiger partial charge in [-0.1, -0.05) is 24.6 Å². The lowest BCUT2D eigenvalue weighted by atomic mass is 10.1. The lowest BCUT2D eigenvalue weighted by molar-refractivity contribution is -0.192. The number of likely N-dealkylation sites (N-methyl/N-ethyl adjacent to an activating group) is 1. The highest BCUT2D eigenvalue weighted by molar-refractivity contribution is 7.92. The molecule has 13 heteroatoms. The van der Waals surface area contributed by atoms with Gasteiger partial charge in [-0.05, 0) is 50.2 Å². The lowest BCUT2D eigenvalue weighted by Crippen LogP contribution is -2.46. The van der Waals surface area contributed by atoms with Crippen LogP contribution in [0.4, 0.5) is 24.5 Å². The van der Waals surface area contributed by atoms with Crippen molar-refractivity contribution in [3.05, 3.63) is 53.1 Å². The van der Waals surface area contributed by atoms with Gasteiger partial charge in [-0.15, -0.1) is 0 Å². The van der Waals surface area contributed by atoms with Gasteiger partial charge in [-0.25, -0.2) is 18.0 Å². The number of nitrogens with one attached hydrogen (secondary N) is 1. The van der Waals surface area contributed by atoms with Crippen molar-refractivity contribution in [2.24, 2.45) is 0 Å². The second-order valence-electron chi connectivity index (χ2n) is 8.14. The average Bonchev–Trinajstić information content (AvgIpc) is 2.78. The van der Waals surface area contributed by atoms with Gasteiger partial charge in [0.1, 0.15) is 0 Å². The van der Waals surface area contributed by atoms with Crippen LogP contribution in [0.1, 0.15) is 28.4 Å². The first-order valence-corrected chi connectivity index (χ1v) is 12.4. The van der Waals surface area contributed by atoms with E-state index in [1.807, 2.05) is 13.0 Å².